The number of nitrogens with one attached hydrogen (secondary N) is 1. The number of carboxylic acid groups (broad SMARTS) is 1. The van der Waals surface area contributed by atoms with Crippen molar-refractivity contribution in [3.8, 4) is 0 Å². The van der Waals surface area contributed by atoms with E-state index in [-0.39, 0.29) is 0 Å². The molecule has 0 radical (unpaired) electrons. The quantitative estimate of drug-likeness (QED) is 0.831. The molecule has 0 bridgehead atoms. The highest BCUT2D eigenvalue weighted by atomic mass is 16.4. The summed E-state index contributed by atoms with van der Waals surface area (Å²) in [5, 5.41) is 17.3. The van der Waals surface area contributed by atoms with Crippen molar-refractivity contribution in [2.24, 2.45) is 18.9 Å². The third kappa shape index (κ3) is 3.04. The Labute approximate surface area is 117 Å². The lowest BCUT2D eigenvalue weighted by molar-refractivity contribution is -0.141. The van der Waals surface area contributed by atoms with Crippen molar-refractivity contribution in [3.05, 3.63) is 12.5 Å². The number of fused-ring (bicyclic) bond motifs is 1. The van der Waals surface area contributed by atoms with E-state index in [0.717, 1.165) is 11.0 Å². The molecule has 7 heteroatoms. The second-order valence-corrected chi connectivity index (χ2v) is 5.27. The summed E-state index contributed by atoms with van der Waals surface area (Å²) in [6.45, 7) is 4.37. The minimum atomic E-state index is -0.789. The second kappa shape index (κ2) is 5.85. The molecule has 7 nitrogen and oxygen atoms in total. The summed E-state index contributed by atoms with van der Waals surface area (Å²) < 4.78 is 1.66. The Morgan fingerprint density at radius 2 is 2.20 bits per heavy atom. The lowest BCUT2D eigenvalue weighted by Gasteiger charge is -2.15. The van der Waals surface area contributed by atoms with Gasteiger partial charge in [-0.1, -0.05) is 13.8 Å². The number of aliphatic carboxylic acids is 1. The maximum Gasteiger partial charge on any atom is 0.308 e. The van der Waals surface area contributed by atoms with Crippen LogP contribution in [0, 0.1) is 11.8 Å². The highest BCUT2D eigenvalue weighted by Crippen LogP contribution is 2.19. The number of aromatic nitrogens is 4. The molecule has 2 aromatic rings. The first-order valence-corrected chi connectivity index (χ1v) is 6.58. The largest absolute Gasteiger partial charge is 0.481 e. The van der Waals surface area contributed by atoms with Crippen LogP contribution in [0.3, 0.4) is 0 Å². The van der Waals surface area contributed by atoms with E-state index in [1.807, 2.05) is 13.8 Å². The summed E-state index contributed by atoms with van der Waals surface area (Å²) in [5.41, 5.74) is 0.721. The summed E-state index contributed by atoms with van der Waals surface area (Å²) >= 11 is 0. The van der Waals surface area contributed by atoms with Gasteiger partial charge >= 0.3 is 5.97 Å². The molecule has 0 saturated heterocycles. The molecule has 2 aromatic heterocycles. The first kappa shape index (κ1) is 14.2. The molecule has 108 valence electrons. The third-order valence-corrected chi connectivity index (χ3v) is 3.15. The monoisotopic (exact) mass is 277 g/mol. The Morgan fingerprint density at radius 3 is 2.85 bits per heavy atom. The fourth-order valence-electron chi connectivity index (χ4n) is 2.16. The van der Waals surface area contributed by atoms with Gasteiger partial charge in [-0.3, -0.25) is 9.48 Å². The van der Waals surface area contributed by atoms with Crippen LogP contribution in [-0.4, -0.2) is 37.4 Å². The highest BCUT2D eigenvalue weighted by Gasteiger charge is 2.19. The minimum absolute atomic E-state index is 0.335. The fourth-order valence-corrected chi connectivity index (χ4v) is 2.16. The number of carboxylic acids is 1. The molecular weight excluding hydrogens is 258 g/mol. The smallest absolute Gasteiger partial charge is 0.308 e. The standard InChI is InChI=1S/C13H19N5O2/c1-8(2)4-9(13(19)20)5-14-11-10-6-17-18(3)12(10)16-7-15-11/h6-9H,4-5H2,1-3H3,(H,19,20)(H,14,15,16). The van der Waals surface area contributed by atoms with Crippen LogP contribution >= 0.6 is 0 Å². The lowest BCUT2D eigenvalue weighted by atomic mass is 9.97. The van der Waals surface area contributed by atoms with Crippen LogP contribution in [0.15, 0.2) is 12.5 Å². The van der Waals surface area contributed by atoms with Crippen molar-refractivity contribution < 1.29 is 9.90 Å². The fraction of sp³-hybridized carbons (Fsp3) is 0.538. The van der Waals surface area contributed by atoms with E-state index in [1.165, 1.54) is 6.33 Å². The molecule has 0 fully saturated rings. The van der Waals surface area contributed by atoms with Gasteiger partial charge in [0.2, 0.25) is 0 Å². The first-order valence-electron chi connectivity index (χ1n) is 6.58. The van der Waals surface area contributed by atoms with Crippen LogP contribution in [0.2, 0.25) is 0 Å². The van der Waals surface area contributed by atoms with Gasteiger partial charge in [-0.25, -0.2) is 9.97 Å². The molecule has 0 aromatic carbocycles. The van der Waals surface area contributed by atoms with Gasteiger partial charge < -0.3 is 10.4 Å². The predicted octanol–water partition coefficient (Wildman–Crippen LogP) is 1.52. The summed E-state index contributed by atoms with van der Waals surface area (Å²) in [7, 11) is 1.80. The number of aryl methyl sites for hydroxylation is 1. The SMILES string of the molecule is CC(C)CC(CNc1ncnc2c1cnn2C)C(=O)O. The highest BCUT2D eigenvalue weighted by molar-refractivity contribution is 5.86. The van der Waals surface area contributed by atoms with Gasteiger partial charge in [-0.05, 0) is 12.3 Å². The van der Waals surface area contributed by atoms with Crippen molar-refractivity contribution in [3.63, 3.8) is 0 Å². The van der Waals surface area contributed by atoms with Crippen LogP contribution < -0.4 is 5.32 Å². The first-order chi connectivity index (χ1) is 9.49. The van der Waals surface area contributed by atoms with Crippen LogP contribution in [0.5, 0.6) is 0 Å². The van der Waals surface area contributed by atoms with Crippen molar-refractivity contribution in [2.75, 3.05) is 11.9 Å². The summed E-state index contributed by atoms with van der Waals surface area (Å²) in [6.07, 6.45) is 3.75. The zero-order valence-corrected chi connectivity index (χ0v) is 11.9. The number of hydrogen-bond donors (Lipinski definition) is 2. The molecule has 1 atom stereocenters. The molecule has 0 aliphatic carbocycles. The van der Waals surface area contributed by atoms with E-state index in [9.17, 15) is 9.90 Å². The molecule has 2 heterocycles. The van der Waals surface area contributed by atoms with Crippen LogP contribution in [0.25, 0.3) is 11.0 Å². The Morgan fingerprint density at radius 1 is 1.45 bits per heavy atom. The minimum Gasteiger partial charge on any atom is -0.481 e. The molecule has 20 heavy (non-hydrogen) atoms. The molecule has 0 aliphatic rings. The summed E-state index contributed by atoms with van der Waals surface area (Å²) in [6, 6.07) is 0. The maximum absolute atomic E-state index is 11.2. The number of carbonyl (C=O) groups is 1. The van der Waals surface area contributed by atoms with E-state index in [0.29, 0.717) is 24.7 Å². The Hall–Kier alpha value is -2.18. The van der Waals surface area contributed by atoms with E-state index in [1.54, 1.807) is 17.9 Å². The van der Waals surface area contributed by atoms with E-state index < -0.39 is 11.9 Å². The van der Waals surface area contributed by atoms with Crippen molar-refractivity contribution in [2.45, 2.75) is 20.3 Å². The summed E-state index contributed by atoms with van der Waals surface area (Å²) in [5.74, 6) is -0.265. The van der Waals surface area contributed by atoms with Crippen molar-refractivity contribution in [1.29, 1.82) is 0 Å². The Balaban J connectivity index is 2.13. The van der Waals surface area contributed by atoms with E-state index in [4.69, 9.17) is 0 Å². The third-order valence-electron chi connectivity index (χ3n) is 3.15. The molecule has 0 spiro atoms. The molecule has 0 aliphatic heterocycles. The average molecular weight is 277 g/mol. The number of hydrogen-bond acceptors (Lipinski definition) is 5. The molecule has 2 N–H and O–H groups in total. The Kier molecular flexibility index (Phi) is 4.16. The van der Waals surface area contributed by atoms with Crippen molar-refractivity contribution >= 4 is 22.8 Å². The van der Waals surface area contributed by atoms with Crippen LogP contribution in [0.4, 0.5) is 5.82 Å². The molecule has 0 saturated carbocycles. The Bertz CT molecular complexity index is 608. The topological polar surface area (TPSA) is 92.9 Å². The zero-order valence-electron chi connectivity index (χ0n) is 11.9. The molecule has 0 amide bonds. The van der Waals surface area contributed by atoms with Gasteiger partial charge in [0.1, 0.15) is 12.1 Å². The zero-order chi connectivity index (χ0) is 14.7. The molecular formula is C13H19N5O2. The summed E-state index contributed by atoms with van der Waals surface area (Å²) in [4.78, 5) is 19.5. The van der Waals surface area contributed by atoms with Crippen molar-refractivity contribution in [1.82, 2.24) is 19.7 Å². The van der Waals surface area contributed by atoms with E-state index >= 15 is 0 Å². The number of anilines is 1. The van der Waals surface area contributed by atoms with Gasteiger partial charge in [0, 0.05) is 13.6 Å². The number of nitrogens with zero attached hydrogens (tertiary/aromatic N) is 4. The van der Waals surface area contributed by atoms with Gasteiger partial charge in [0.25, 0.3) is 0 Å². The second-order valence-electron chi connectivity index (χ2n) is 5.27. The van der Waals surface area contributed by atoms with Crippen LogP contribution in [0.1, 0.15) is 20.3 Å². The van der Waals surface area contributed by atoms with Gasteiger partial charge in [-0.2, -0.15) is 5.10 Å². The molecule has 2 rings (SSSR count). The normalized spacial score (nSPS) is 12.8. The van der Waals surface area contributed by atoms with Gasteiger partial charge in [-0.15, -0.1) is 0 Å². The molecule has 1 unspecified atom stereocenters. The van der Waals surface area contributed by atoms with Gasteiger partial charge in [0.05, 0.1) is 17.5 Å². The van der Waals surface area contributed by atoms with Gasteiger partial charge in [0.15, 0.2) is 5.65 Å². The number of rotatable bonds is 6. The average Bonchev–Trinajstić information content (AvgIpc) is 2.76. The maximum atomic E-state index is 11.2. The lowest BCUT2D eigenvalue weighted by Crippen LogP contribution is -2.24. The van der Waals surface area contributed by atoms with E-state index in [2.05, 4.69) is 20.4 Å². The predicted molar refractivity (Wildman–Crippen MR) is 75.4 cm³/mol. The van der Waals surface area contributed by atoms with Crippen LogP contribution in [-0.2, 0) is 11.8 Å².